The minimum absolute atomic E-state index is 0.332. The second-order valence-electron chi connectivity index (χ2n) is 4.51. The van der Waals surface area contributed by atoms with Gasteiger partial charge in [-0.15, -0.1) is 0 Å². The van der Waals surface area contributed by atoms with Crippen LogP contribution >= 0.6 is 0 Å². The van der Waals surface area contributed by atoms with E-state index in [1.54, 1.807) is 6.26 Å². The summed E-state index contributed by atoms with van der Waals surface area (Å²) in [6.45, 7) is 0.866. The predicted octanol–water partition coefficient (Wildman–Crippen LogP) is 1.98. The van der Waals surface area contributed by atoms with Crippen molar-refractivity contribution in [2.45, 2.75) is 44.3 Å². The van der Waals surface area contributed by atoms with Gasteiger partial charge in [0.15, 0.2) is 0 Å². The van der Waals surface area contributed by atoms with Crippen LogP contribution in [0.3, 0.4) is 0 Å². The highest BCUT2D eigenvalue weighted by Gasteiger charge is 2.25. The molecule has 3 heteroatoms. The van der Waals surface area contributed by atoms with Gasteiger partial charge in [0, 0.05) is 12.1 Å². The molecule has 2 atom stereocenters. The van der Waals surface area contributed by atoms with Crippen LogP contribution in [0.2, 0.25) is 0 Å². The number of rotatable bonds is 3. The van der Waals surface area contributed by atoms with Crippen LogP contribution in [0.4, 0.5) is 0 Å². The van der Waals surface area contributed by atoms with Gasteiger partial charge in [0.2, 0.25) is 0 Å². The fourth-order valence-corrected chi connectivity index (χ4v) is 2.45. The van der Waals surface area contributed by atoms with E-state index in [1.807, 2.05) is 12.1 Å². The summed E-state index contributed by atoms with van der Waals surface area (Å²) in [5.74, 6) is 1.02. The highest BCUT2D eigenvalue weighted by molar-refractivity contribution is 4.99. The smallest absolute Gasteiger partial charge is 0.117 e. The minimum atomic E-state index is 0.332. The zero-order valence-electron chi connectivity index (χ0n) is 9.36. The molecule has 1 aromatic rings. The van der Waals surface area contributed by atoms with Crippen molar-refractivity contribution in [3.63, 3.8) is 0 Å². The maximum atomic E-state index is 6.14. The Balaban J connectivity index is 1.91. The van der Waals surface area contributed by atoms with Crippen molar-refractivity contribution in [2.24, 2.45) is 5.73 Å². The van der Waals surface area contributed by atoms with Crippen LogP contribution in [-0.2, 0) is 6.54 Å². The van der Waals surface area contributed by atoms with E-state index in [0.717, 1.165) is 18.7 Å². The number of nitrogens with two attached hydrogens (primary N) is 1. The predicted molar refractivity (Wildman–Crippen MR) is 60.4 cm³/mol. The lowest BCUT2D eigenvalue weighted by atomic mass is 9.90. The Labute approximate surface area is 91.2 Å². The van der Waals surface area contributed by atoms with Crippen molar-refractivity contribution in [2.75, 3.05) is 7.05 Å². The molecule has 1 heterocycles. The molecule has 0 saturated heterocycles. The highest BCUT2D eigenvalue weighted by Crippen LogP contribution is 2.22. The van der Waals surface area contributed by atoms with E-state index < -0.39 is 0 Å². The van der Waals surface area contributed by atoms with Gasteiger partial charge in [0.25, 0.3) is 0 Å². The van der Waals surface area contributed by atoms with Gasteiger partial charge in [-0.1, -0.05) is 12.8 Å². The Bertz CT molecular complexity index is 284. The standard InChI is InChI=1S/C12H20N2O/c1-14(9-10-5-4-8-15-10)12-7-3-2-6-11(12)13/h4-5,8,11-12H,2-3,6-7,9,13H2,1H3. The number of nitrogens with zero attached hydrogens (tertiary/aromatic N) is 1. The number of furan rings is 1. The molecule has 84 valence electrons. The van der Waals surface area contributed by atoms with Crippen LogP contribution in [0.5, 0.6) is 0 Å². The fourth-order valence-electron chi connectivity index (χ4n) is 2.45. The van der Waals surface area contributed by atoms with Gasteiger partial charge in [0.05, 0.1) is 12.8 Å². The molecule has 0 spiro atoms. The topological polar surface area (TPSA) is 42.4 Å². The number of hydrogen-bond donors (Lipinski definition) is 1. The second-order valence-corrected chi connectivity index (χ2v) is 4.51. The summed E-state index contributed by atoms with van der Waals surface area (Å²) in [5.41, 5.74) is 6.14. The van der Waals surface area contributed by atoms with E-state index in [9.17, 15) is 0 Å². The average Bonchev–Trinajstić information content (AvgIpc) is 2.71. The van der Waals surface area contributed by atoms with Crippen LogP contribution in [0.1, 0.15) is 31.4 Å². The third kappa shape index (κ3) is 2.61. The number of hydrogen-bond acceptors (Lipinski definition) is 3. The second kappa shape index (κ2) is 4.81. The Morgan fingerprint density at radius 3 is 2.93 bits per heavy atom. The molecule has 0 bridgehead atoms. The summed E-state index contributed by atoms with van der Waals surface area (Å²) in [6.07, 6.45) is 6.70. The summed E-state index contributed by atoms with van der Waals surface area (Å²) in [6, 6.07) is 4.80. The molecule has 1 saturated carbocycles. The van der Waals surface area contributed by atoms with Crippen molar-refractivity contribution < 1.29 is 4.42 Å². The Morgan fingerprint density at radius 2 is 2.27 bits per heavy atom. The molecule has 0 aliphatic heterocycles. The van der Waals surface area contributed by atoms with Gasteiger partial charge in [-0.3, -0.25) is 4.90 Å². The molecule has 0 amide bonds. The molecule has 15 heavy (non-hydrogen) atoms. The normalized spacial score (nSPS) is 27.1. The molecular weight excluding hydrogens is 188 g/mol. The summed E-state index contributed by atoms with van der Waals surface area (Å²) < 4.78 is 5.35. The Hall–Kier alpha value is -0.800. The van der Waals surface area contributed by atoms with Gasteiger partial charge in [0.1, 0.15) is 5.76 Å². The molecule has 1 aromatic heterocycles. The zero-order valence-corrected chi connectivity index (χ0v) is 9.36. The molecule has 3 nitrogen and oxygen atoms in total. The van der Waals surface area contributed by atoms with Gasteiger partial charge < -0.3 is 10.2 Å². The van der Waals surface area contributed by atoms with Crippen molar-refractivity contribution in [3.8, 4) is 0 Å². The van der Waals surface area contributed by atoms with Crippen molar-refractivity contribution in [1.82, 2.24) is 4.90 Å². The molecule has 1 aliphatic carbocycles. The third-order valence-electron chi connectivity index (χ3n) is 3.33. The van der Waals surface area contributed by atoms with E-state index in [4.69, 9.17) is 10.2 Å². The van der Waals surface area contributed by atoms with Gasteiger partial charge in [-0.05, 0) is 32.0 Å². The maximum Gasteiger partial charge on any atom is 0.117 e. The quantitative estimate of drug-likeness (QED) is 0.826. The van der Waals surface area contributed by atoms with Gasteiger partial charge >= 0.3 is 0 Å². The average molecular weight is 208 g/mol. The van der Waals surface area contributed by atoms with Crippen LogP contribution < -0.4 is 5.73 Å². The molecule has 0 aromatic carbocycles. The van der Waals surface area contributed by atoms with E-state index >= 15 is 0 Å². The zero-order chi connectivity index (χ0) is 10.7. The Kier molecular flexibility index (Phi) is 3.44. The summed E-state index contributed by atoms with van der Waals surface area (Å²) in [4.78, 5) is 2.32. The molecule has 2 unspecified atom stereocenters. The molecule has 2 rings (SSSR count). The Morgan fingerprint density at radius 1 is 1.47 bits per heavy atom. The SMILES string of the molecule is CN(Cc1ccco1)C1CCCCC1N. The van der Waals surface area contributed by atoms with E-state index in [2.05, 4.69) is 11.9 Å². The number of likely N-dealkylation sites (N-methyl/N-ethyl adjacent to an activating group) is 1. The highest BCUT2D eigenvalue weighted by atomic mass is 16.3. The fraction of sp³-hybridized carbons (Fsp3) is 0.667. The van der Waals surface area contributed by atoms with Crippen molar-refractivity contribution in [1.29, 1.82) is 0 Å². The lowest BCUT2D eigenvalue weighted by Crippen LogP contribution is -2.47. The monoisotopic (exact) mass is 208 g/mol. The van der Waals surface area contributed by atoms with Gasteiger partial charge in [-0.25, -0.2) is 0 Å². The lowest BCUT2D eigenvalue weighted by Gasteiger charge is -2.35. The van der Waals surface area contributed by atoms with E-state index in [-0.39, 0.29) is 0 Å². The summed E-state index contributed by atoms with van der Waals surface area (Å²) in [5, 5.41) is 0. The van der Waals surface area contributed by atoms with Crippen LogP contribution in [-0.4, -0.2) is 24.0 Å². The van der Waals surface area contributed by atoms with Crippen LogP contribution in [0.25, 0.3) is 0 Å². The van der Waals surface area contributed by atoms with Gasteiger partial charge in [-0.2, -0.15) is 0 Å². The van der Waals surface area contributed by atoms with E-state index in [0.29, 0.717) is 12.1 Å². The summed E-state index contributed by atoms with van der Waals surface area (Å²) in [7, 11) is 2.14. The van der Waals surface area contributed by atoms with Crippen molar-refractivity contribution in [3.05, 3.63) is 24.2 Å². The van der Waals surface area contributed by atoms with E-state index in [1.165, 1.54) is 19.3 Å². The summed E-state index contributed by atoms with van der Waals surface area (Å²) >= 11 is 0. The molecule has 2 N–H and O–H groups in total. The first-order valence-electron chi connectivity index (χ1n) is 5.75. The first-order chi connectivity index (χ1) is 7.27. The molecular formula is C12H20N2O. The molecule has 0 radical (unpaired) electrons. The maximum absolute atomic E-state index is 6.14. The largest absolute Gasteiger partial charge is 0.468 e. The lowest BCUT2D eigenvalue weighted by molar-refractivity contribution is 0.153. The minimum Gasteiger partial charge on any atom is -0.468 e. The van der Waals surface area contributed by atoms with Crippen LogP contribution in [0, 0.1) is 0 Å². The van der Waals surface area contributed by atoms with Crippen molar-refractivity contribution >= 4 is 0 Å². The first-order valence-corrected chi connectivity index (χ1v) is 5.75. The molecule has 1 aliphatic rings. The third-order valence-corrected chi connectivity index (χ3v) is 3.33. The first kappa shape index (κ1) is 10.7. The molecule has 1 fully saturated rings. The van der Waals surface area contributed by atoms with Crippen LogP contribution in [0.15, 0.2) is 22.8 Å².